The first-order chi connectivity index (χ1) is 22.9. The number of anilines is 1. The lowest BCUT2D eigenvalue weighted by atomic mass is 10.1. The summed E-state index contributed by atoms with van der Waals surface area (Å²) in [6.45, 7) is 21.6. The van der Waals surface area contributed by atoms with Gasteiger partial charge in [-0.3, -0.25) is 28.5 Å². The van der Waals surface area contributed by atoms with E-state index >= 15 is 0 Å². The molecule has 1 fully saturated rings. The van der Waals surface area contributed by atoms with Crippen molar-refractivity contribution in [3.8, 4) is 0 Å². The van der Waals surface area contributed by atoms with Gasteiger partial charge in [0.1, 0.15) is 18.3 Å². The molecular weight excluding hydrogens is 703 g/mol. The predicted molar refractivity (Wildman–Crippen MR) is 192 cm³/mol. The lowest BCUT2D eigenvalue weighted by molar-refractivity contribution is -0.114. The normalized spacial score (nSPS) is 20.7. The number of nitrogens with zero attached hydrogens (tertiary/aromatic N) is 4. The van der Waals surface area contributed by atoms with Crippen LogP contribution in [0.25, 0.3) is 11.2 Å². The zero-order valence-corrected chi connectivity index (χ0v) is 33.6. The molecule has 1 amide bonds. The zero-order chi connectivity index (χ0) is 37.6. The highest BCUT2D eigenvalue weighted by Gasteiger charge is 2.54. The SMILES string of the molecule is COS(=O)(=O)O[C@H]1[C@@H](O[Si](C)(C)C(C)(C)C)[C@H](n2cnc3c(=O)n(C(=O)c4ccccc4)c(NC(C)=O)nc32)O[C@@H]1CO[Si](C)(C)C(C)(C)C. The van der Waals surface area contributed by atoms with Crippen molar-refractivity contribution in [3.05, 3.63) is 52.6 Å². The largest absolute Gasteiger partial charge is 0.414 e. The number of carbonyl (C=O) groups is 2. The maximum Gasteiger partial charge on any atom is 0.400 e. The van der Waals surface area contributed by atoms with Crippen LogP contribution in [0.1, 0.15) is 65.1 Å². The maximum atomic E-state index is 14.0. The molecule has 0 saturated carbocycles. The molecule has 1 N–H and O–H groups in total. The van der Waals surface area contributed by atoms with E-state index in [1.54, 1.807) is 18.2 Å². The predicted octanol–water partition coefficient (Wildman–Crippen LogP) is 4.83. The average molecular weight is 752 g/mol. The summed E-state index contributed by atoms with van der Waals surface area (Å²) in [4.78, 5) is 48.7. The standard InChI is InChI=1S/C32H49N5O10SSi2/c1-20(38)34-30-35-26-23(28(40)37(30)27(39)21-16-14-13-15-17-21)33-19-36(26)29-25(47-50(11,12)32(5,6)7)24(46-48(41,42)43-8)22(45-29)18-44-49(9,10)31(2,3)4/h13-17,19,22,24-25,29H,18H2,1-12H3,(H,34,35,38)/t22-,24-,25-,29-/m1/s1. The third-order valence-corrected chi connectivity index (χ3v) is 19.6. The van der Waals surface area contributed by atoms with Crippen molar-refractivity contribution in [1.29, 1.82) is 0 Å². The van der Waals surface area contributed by atoms with E-state index in [4.69, 9.17) is 22.0 Å². The Hall–Kier alpha value is -3.11. The van der Waals surface area contributed by atoms with Crippen LogP contribution in [-0.4, -0.2) is 88.0 Å². The van der Waals surface area contributed by atoms with Crippen LogP contribution in [0.3, 0.4) is 0 Å². The number of ether oxygens (including phenoxy) is 1. The number of nitrogens with one attached hydrogen (secondary N) is 1. The number of aromatic nitrogens is 4. The van der Waals surface area contributed by atoms with E-state index in [1.807, 2.05) is 33.9 Å². The summed E-state index contributed by atoms with van der Waals surface area (Å²) in [5.41, 5.74) is -0.878. The topological polar surface area (TPSA) is 179 Å². The second-order valence-electron chi connectivity index (χ2n) is 15.4. The summed E-state index contributed by atoms with van der Waals surface area (Å²) in [5, 5.41) is 2.00. The Balaban J connectivity index is 1.93. The molecule has 3 aromatic rings. The van der Waals surface area contributed by atoms with E-state index in [2.05, 4.69) is 49.1 Å². The van der Waals surface area contributed by atoms with Gasteiger partial charge in [0, 0.05) is 12.5 Å². The van der Waals surface area contributed by atoms with Gasteiger partial charge in [0.25, 0.3) is 11.5 Å². The summed E-state index contributed by atoms with van der Waals surface area (Å²) in [6, 6.07) is 8.07. The van der Waals surface area contributed by atoms with Crippen molar-refractivity contribution in [2.45, 2.75) is 109 Å². The molecule has 15 nitrogen and oxygen atoms in total. The van der Waals surface area contributed by atoms with Crippen molar-refractivity contribution < 1.29 is 40.0 Å². The van der Waals surface area contributed by atoms with E-state index in [0.717, 1.165) is 11.7 Å². The van der Waals surface area contributed by atoms with E-state index in [0.29, 0.717) is 0 Å². The molecule has 0 aliphatic carbocycles. The molecule has 0 spiro atoms. The summed E-state index contributed by atoms with van der Waals surface area (Å²) in [7, 11) is -8.58. The van der Waals surface area contributed by atoms with Crippen LogP contribution in [-0.2, 0) is 37.1 Å². The third-order valence-electron chi connectivity index (χ3n) is 9.75. The minimum atomic E-state index is -4.51. The highest BCUT2D eigenvalue weighted by molar-refractivity contribution is 7.81. The third kappa shape index (κ3) is 8.17. The molecule has 50 heavy (non-hydrogen) atoms. The van der Waals surface area contributed by atoms with Gasteiger partial charge in [0.05, 0.1) is 20.0 Å². The van der Waals surface area contributed by atoms with Crippen LogP contribution in [0, 0.1) is 0 Å². The maximum absolute atomic E-state index is 14.0. The Bertz CT molecular complexity index is 1900. The molecule has 0 bridgehead atoms. The Morgan fingerprint density at radius 2 is 1.58 bits per heavy atom. The molecule has 18 heteroatoms. The first-order valence-electron chi connectivity index (χ1n) is 16.2. The molecule has 0 radical (unpaired) electrons. The molecule has 2 aromatic heterocycles. The Labute approximate surface area is 295 Å². The summed E-state index contributed by atoms with van der Waals surface area (Å²) >= 11 is 0. The molecule has 4 rings (SSSR count). The van der Waals surface area contributed by atoms with Gasteiger partial charge in [-0.25, -0.2) is 13.7 Å². The fourth-order valence-electron chi connectivity index (χ4n) is 4.80. The van der Waals surface area contributed by atoms with E-state index < -0.39 is 68.9 Å². The highest BCUT2D eigenvalue weighted by atomic mass is 32.3. The number of fused-ring (bicyclic) bond motifs is 1. The van der Waals surface area contributed by atoms with Gasteiger partial charge >= 0.3 is 10.4 Å². The van der Waals surface area contributed by atoms with E-state index in [1.165, 1.54) is 30.0 Å². The first-order valence-corrected chi connectivity index (χ1v) is 23.4. The van der Waals surface area contributed by atoms with E-state index in [9.17, 15) is 22.8 Å². The smallest absolute Gasteiger partial charge is 0.400 e. The Morgan fingerprint density at radius 1 is 0.980 bits per heavy atom. The summed E-state index contributed by atoms with van der Waals surface area (Å²) in [5.74, 6) is -1.63. The van der Waals surface area contributed by atoms with Gasteiger partial charge in [-0.1, -0.05) is 59.7 Å². The Morgan fingerprint density at radius 3 is 2.12 bits per heavy atom. The van der Waals surface area contributed by atoms with Crippen LogP contribution < -0.4 is 10.9 Å². The van der Waals surface area contributed by atoms with Crippen molar-refractivity contribution in [2.75, 3.05) is 19.0 Å². The second-order valence-corrected chi connectivity index (χ2v) is 26.3. The van der Waals surface area contributed by atoms with Gasteiger partial charge in [-0.2, -0.15) is 13.4 Å². The number of carbonyl (C=O) groups excluding carboxylic acids is 2. The summed E-state index contributed by atoms with van der Waals surface area (Å²) in [6.07, 6.45) is -3.17. The van der Waals surface area contributed by atoms with Crippen molar-refractivity contribution >= 4 is 56.0 Å². The monoisotopic (exact) mass is 751 g/mol. The molecule has 3 heterocycles. The van der Waals surface area contributed by atoms with Crippen molar-refractivity contribution in [1.82, 2.24) is 19.1 Å². The molecule has 1 aliphatic heterocycles. The average Bonchev–Trinajstić information content (AvgIpc) is 3.55. The zero-order valence-electron chi connectivity index (χ0n) is 30.8. The van der Waals surface area contributed by atoms with Crippen LogP contribution in [0.15, 0.2) is 41.5 Å². The van der Waals surface area contributed by atoms with Crippen molar-refractivity contribution in [2.24, 2.45) is 0 Å². The number of imidazole rings is 1. The second kappa shape index (κ2) is 14.1. The van der Waals surface area contributed by atoms with Crippen LogP contribution in [0.4, 0.5) is 5.95 Å². The minimum Gasteiger partial charge on any atom is -0.414 e. The minimum absolute atomic E-state index is 0.0379. The number of rotatable bonds is 11. The van der Waals surface area contributed by atoms with Crippen molar-refractivity contribution in [3.63, 3.8) is 0 Å². The fourth-order valence-corrected chi connectivity index (χ4v) is 7.68. The molecule has 1 aliphatic rings. The quantitative estimate of drug-likeness (QED) is 0.264. The molecule has 1 aromatic carbocycles. The van der Waals surface area contributed by atoms with Crippen LogP contribution >= 0.6 is 0 Å². The summed E-state index contributed by atoms with van der Waals surface area (Å²) < 4.78 is 58.2. The van der Waals surface area contributed by atoms with Gasteiger partial charge in [-0.15, -0.1) is 0 Å². The number of hydrogen-bond acceptors (Lipinski definition) is 12. The molecule has 0 unspecified atom stereocenters. The molecular formula is C32H49N5O10SSi2. The van der Waals surface area contributed by atoms with Gasteiger partial charge < -0.3 is 13.6 Å². The lowest BCUT2D eigenvalue weighted by Gasteiger charge is -2.40. The fraction of sp³-hybridized carbons (Fsp3) is 0.594. The Kier molecular flexibility index (Phi) is 11.2. The van der Waals surface area contributed by atoms with E-state index in [-0.39, 0.29) is 39.4 Å². The highest BCUT2D eigenvalue weighted by Crippen LogP contribution is 2.44. The molecule has 4 atom stereocenters. The number of hydrogen-bond donors (Lipinski definition) is 1. The number of amides is 1. The van der Waals surface area contributed by atoms with Gasteiger partial charge in [0.2, 0.25) is 11.9 Å². The molecule has 276 valence electrons. The molecule has 1 saturated heterocycles. The van der Waals surface area contributed by atoms with Crippen LogP contribution in [0.2, 0.25) is 36.3 Å². The van der Waals surface area contributed by atoms with Gasteiger partial charge in [-0.05, 0) is 48.4 Å². The lowest BCUT2D eigenvalue weighted by Crippen LogP contribution is -2.50. The number of benzene rings is 1. The first kappa shape index (κ1) is 39.7. The van der Waals surface area contributed by atoms with Crippen LogP contribution in [0.5, 0.6) is 0 Å². The van der Waals surface area contributed by atoms with Gasteiger partial charge in [0.15, 0.2) is 34.0 Å².